The van der Waals surface area contributed by atoms with Gasteiger partial charge in [0, 0.05) is 16.9 Å². The number of carbonyl (C=O) groups is 2. The summed E-state index contributed by atoms with van der Waals surface area (Å²) in [6.07, 6.45) is 6.23. The number of ketones is 1. The van der Waals surface area contributed by atoms with Crippen LogP contribution < -0.4 is 5.11 Å². The molecule has 4 heteroatoms. The fraction of sp³-hybridized carbons (Fsp3) is 0.391. The molecule has 2 aromatic rings. The van der Waals surface area contributed by atoms with E-state index in [-0.39, 0.29) is 12.2 Å². The maximum atomic E-state index is 12.6. The minimum Gasteiger partial charge on any atom is -0.549 e. The van der Waals surface area contributed by atoms with Crippen LogP contribution in [0.1, 0.15) is 65.9 Å². The van der Waals surface area contributed by atoms with Crippen LogP contribution in [0.3, 0.4) is 0 Å². The number of thioether (sulfide) groups is 1. The lowest BCUT2D eigenvalue weighted by Gasteiger charge is -2.22. The molecule has 1 aliphatic carbocycles. The molecule has 0 radical (unpaired) electrons. The number of hydrogen-bond donors (Lipinski definition) is 0. The van der Waals surface area contributed by atoms with Gasteiger partial charge in [0.25, 0.3) is 0 Å². The van der Waals surface area contributed by atoms with E-state index < -0.39 is 11.2 Å². The Bertz CT molecular complexity index is 774. The number of carbonyl (C=O) groups excluding carboxylic acids is 2. The van der Waals surface area contributed by atoms with Gasteiger partial charge in [-0.25, -0.2) is 0 Å². The molecule has 0 aromatic heterocycles. The van der Waals surface area contributed by atoms with Gasteiger partial charge in [0.05, 0.1) is 11.2 Å². The van der Waals surface area contributed by atoms with Crippen LogP contribution >= 0.6 is 11.8 Å². The van der Waals surface area contributed by atoms with Gasteiger partial charge in [-0.2, -0.15) is 0 Å². The van der Waals surface area contributed by atoms with Crippen LogP contribution in [-0.4, -0.2) is 17.0 Å². The monoisotopic (exact) mass is 381 g/mol. The van der Waals surface area contributed by atoms with E-state index in [9.17, 15) is 14.7 Å². The maximum absolute atomic E-state index is 12.6. The summed E-state index contributed by atoms with van der Waals surface area (Å²) in [5.41, 5.74) is 2.97. The molecule has 0 heterocycles. The molecule has 0 N–H and O–H groups in total. The second-order valence-corrected chi connectivity index (χ2v) is 8.60. The minimum absolute atomic E-state index is 0.0658. The lowest BCUT2D eigenvalue weighted by molar-refractivity contribution is -0.304. The predicted molar refractivity (Wildman–Crippen MR) is 107 cm³/mol. The van der Waals surface area contributed by atoms with Crippen molar-refractivity contribution in [3.63, 3.8) is 0 Å². The van der Waals surface area contributed by atoms with Crippen molar-refractivity contribution >= 4 is 23.5 Å². The van der Waals surface area contributed by atoms with Crippen LogP contribution in [0.15, 0.2) is 53.4 Å². The van der Waals surface area contributed by atoms with E-state index in [0.29, 0.717) is 11.5 Å². The second-order valence-electron chi connectivity index (χ2n) is 7.32. The van der Waals surface area contributed by atoms with Gasteiger partial charge >= 0.3 is 0 Å². The Hall–Kier alpha value is -2.07. The van der Waals surface area contributed by atoms with Crippen molar-refractivity contribution in [1.82, 2.24) is 0 Å². The van der Waals surface area contributed by atoms with E-state index in [2.05, 4.69) is 0 Å². The van der Waals surface area contributed by atoms with Crippen LogP contribution in [0, 0.1) is 6.92 Å². The fourth-order valence-electron chi connectivity index (χ4n) is 3.62. The van der Waals surface area contributed by atoms with E-state index >= 15 is 0 Å². The smallest absolute Gasteiger partial charge is 0.164 e. The van der Waals surface area contributed by atoms with Crippen molar-refractivity contribution in [2.45, 2.75) is 61.5 Å². The minimum atomic E-state index is -1.20. The molecule has 2 aromatic carbocycles. The zero-order chi connectivity index (χ0) is 19.2. The molecule has 0 spiro atoms. The molecule has 3 rings (SSSR count). The van der Waals surface area contributed by atoms with Crippen LogP contribution in [0.5, 0.6) is 0 Å². The highest BCUT2D eigenvalue weighted by Gasteiger charge is 2.19. The van der Waals surface area contributed by atoms with Gasteiger partial charge in [0.15, 0.2) is 5.78 Å². The summed E-state index contributed by atoms with van der Waals surface area (Å²) in [5.74, 6) is -0.761. The number of aryl methyl sites for hydroxylation is 1. The fourth-order valence-corrected chi connectivity index (χ4v) is 4.57. The highest BCUT2D eigenvalue weighted by atomic mass is 32.2. The van der Waals surface area contributed by atoms with Gasteiger partial charge < -0.3 is 9.90 Å². The number of carboxylic acids is 1. The summed E-state index contributed by atoms with van der Waals surface area (Å²) >= 11 is 1.17. The van der Waals surface area contributed by atoms with Gasteiger partial charge in [-0.05, 0) is 43.4 Å². The van der Waals surface area contributed by atoms with Crippen LogP contribution in [0.25, 0.3) is 0 Å². The number of benzene rings is 2. The summed E-state index contributed by atoms with van der Waals surface area (Å²) in [4.78, 5) is 24.9. The quantitative estimate of drug-likeness (QED) is 0.522. The van der Waals surface area contributed by atoms with E-state index in [1.54, 1.807) is 0 Å². The number of Topliss-reactive ketones (excluding diaryl/α,β-unsaturated/α-hetero) is 1. The molecule has 0 bridgehead atoms. The Morgan fingerprint density at radius 2 is 1.63 bits per heavy atom. The molecule has 0 aliphatic heterocycles. The summed E-state index contributed by atoms with van der Waals surface area (Å²) in [6, 6.07) is 15.4. The van der Waals surface area contributed by atoms with Crippen molar-refractivity contribution in [1.29, 1.82) is 0 Å². The van der Waals surface area contributed by atoms with Crippen molar-refractivity contribution in [3.05, 3.63) is 65.2 Å². The first kappa shape index (κ1) is 19.7. The van der Waals surface area contributed by atoms with Gasteiger partial charge in [-0.3, -0.25) is 4.79 Å². The molecule has 0 unspecified atom stereocenters. The number of aliphatic carboxylic acids is 1. The SMILES string of the molecule is Cc1ccc(S[C@H](CC(=O)c2ccc(C3CCCCC3)cc2)C(=O)[O-])cc1. The molecular formula is C23H25O3S-. The van der Waals surface area contributed by atoms with E-state index in [0.717, 1.165) is 10.5 Å². The maximum Gasteiger partial charge on any atom is 0.164 e. The zero-order valence-corrected chi connectivity index (χ0v) is 16.5. The third-order valence-corrected chi connectivity index (χ3v) is 6.43. The molecule has 0 saturated heterocycles. The molecular weight excluding hydrogens is 356 g/mol. The summed E-state index contributed by atoms with van der Waals surface area (Å²) in [7, 11) is 0. The summed E-state index contributed by atoms with van der Waals surface area (Å²) < 4.78 is 0. The van der Waals surface area contributed by atoms with E-state index in [1.165, 1.54) is 49.4 Å². The van der Waals surface area contributed by atoms with Crippen molar-refractivity contribution in [2.75, 3.05) is 0 Å². The first-order valence-electron chi connectivity index (χ1n) is 9.60. The van der Waals surface area contributed by atoms with Gasteiger partial charge in [0.2, 0.25) is 0 Å². The number of rotatable bonds is 7. The average molecular weight is 382 g/mol. The first-order chi connectivity index (χ1) is 13.0. The third-order valence-electron chi connectivity index (χ3n) is 5.24. The standard InChI is InChI=1S/C23H26O3S/c1-16-7-13-20(14-8-16)27-22(23(25)26)15-21(24)19-11-9-18(10-12-19)17-5-3-2-4-6-17/h7-14,17,22H,2-6,15H2,1H3,(H,25,26)/p-1/t22-/m1/s1. The molecule has 142 valence electrons. The van der Waals surface area contributed by atoms with Crippen molar-refractivity contribution in [3.8, 4) is 0 Å². The Morgan fingerprint density at radius 1 is 1.00 bits per heavy atom. The summed E-state index contributed by atoms with van der Waals surface area (Å²) in [6.45, 7) is 1.98. The normalized spacial score (nSPS) is 16.0. The second kappa shape index (κ2) is 9.23. The van der Waals surface area contributed by atoms with Crippen molar-refractivity contribution < 1.29 is 14.7 Å². The largest absolute Gasteiger partial charge is 0.549 e. The molecule has 27 heavy (non-hydrogen) atoms. The van der Waals surface area contributed by atoms with Gasteiger partial charge in [-0.1, -0.05) is 61.2 Å². The molecule has 1 atom stereocenters. The van der Waals surface area contributed by atoms with E-state index in [4.69, 9.17) is 0 Å². The zero-order valence-electron chi connectivity index (χ0n) is 15.6. The van der Waals surface area contributed by atoms with Gasteiger partial charge in [-0.15, -0.1) is 11.8 Å². The molecule has 1 saturated carbocycles. The predicted octanol–water partition coefficient (Wildman–Crippen LogP) is 4.53. The molecule has 1 fully saturated rings. The molecule has 0 amide bonds. The Labute approximate surface area is 165 Å². The lowest BCUT2D eigenvalue weighted by Crippen LogP contribution is -2.35. The highest BCUT2D eigenvalue weighted by Crippen LogP contribution is 2.33. The Kier molecular flexibility index (Phi) is 6.73. The molecule has 1 aliphatic rings. The van der Waals surface area contributed by atoms with Crippen LogP contribution in [0.2, 0.25) is 0 Å². The Balaban J connectivity index is 1.64. The molecule has 3 nitrogen and oxygen atoms in total. The van der Waals surface area contributed by atoms with Crippen LogP contribution in [-0.2, 0) is 4.79 Å². The van der Waals surface area contributed by atoms with Gasteiger partial charge in [0.1, 0.15) is 0 Å². The third kappa shape index (κ3) is 5.46. The highest BCUT2D eigenvalue weighted by molar-refractivity contribution is 8.00. The van der Waals surface area contributed by atoms with E-state index in [1.807, 2.05) is 55.5 Å². The summed E-state index contributed by atoms with van der Waals surface area (Å²) in [5, 5.41) is 10.6. The average Bonchev–Trinajstić information content (AvgIpc) is 2.69. The topological polar surface area (TPSA) is 57.2 Å². The first-order valence-corrected chi connectivity index (χ1v) is 10.5. The Morgan fingerprint density at radius 3 is 2.22 bits per heavy atom. The lowest BCUT2D eigenvalue weighted by atomic mass is 9.84. The van der Waals surface area contributed by atoms with Crippen molar-refractivity contribution in [2.24, 2.45) is 0 Å². The van der Waals surface area contributed by atoms with Crippen LogP contribution in [0.4, 0.5) is 0 Å². The number of hydrogen-bond acceptors (Lipinski definition) is 4. The number of carboxylic acid groups (broad SMARTS) is 1.